The first kappa shape index (κ1) is 6.29. The number of fused-ring (bicyclic) bond motifs is 1. The summed E-state index contributed by atoms with van der Waals surface area (Å²) < 4.78 is 0. The summed E-state index contributed by atoms with van der Waals surface area (Å²) in [4.78, 5) is 8.29. The molecule has 3 heteroatoms. The van der Waals surface area contributed by atoms with Crippen molar-refractivity contribution < 1.29 is 0 Å². The van der Waals surface area contributed by atoms with Crippen LogP contribution in [-0.4, -0.2) is 9.97 Å². The van der Waals surface area contributed by atoms with Gasteiger partial charge in [-0.25, -0.2) is 4.98 Å². The molecular formula is C8H7N3. The van der Waals surface area contributed by atoms with Crippen molar-refractivity contribution >= 4 is 0 Å². The number of aromatic nitrogens is 2. The van der Waals surface area contributed by atoms with E-state index in [0.717, 1.165) is 30.7 Å². The van der Waals surface area contributed by atoms with E-state index >= 15 is 0 Å². The molecule has 0 radical (unpaired) electrons. The minimum absolute atomic E-state index is 0.436. The number of nitriles is 1. The van der Waals surface area contributed by atoms with Crippen molar-refractivity contribution in [2.75, 3.05) is 0 Å². The van der Waals surface area contributed by atoms with Gasteiger partial charge in [-0.15, -0.1) is 0 Å². The molecule has 2 rings (SSSR count). The molecule has 0 unspecified atom stereocenters. The summed E-state index contributed by atoms with van der Waals surface area (Å²) in [6.07, 6.45) is 4.68. The van der Waals surface area contributed by atoms with Crippen LogP contribution in [0.3, 0.4) is 0 Å². The topological polar surface area (TPSA) is 49.6 Å². The highest BCUT2D eigenvalue weighted by molar-refractivity contribution is 5.24. The molecule has 0 atom stereocenters. The van der Waals surface area contributed by atoms with Crippen molar-refractivity contribution in [1.29, 1.82) is 5.26 Å². The van der Waals surface area contributed by atoms with E-state index in [2.05, 4.69) is 9.97 Å². The van der Waals surface area contributed by atoms with Gasteiger partial charge in [0, 0.05) is 0 Å². The van der Waals surface area contributed by atoms with Crippen LogP contribution in [0.15, 0.2) is 6.20 Å². The lowest BCUT2D eigenvalue weighted by atomic mass is 10.3. The maximum atomic E-state index is 8.52. The Labute approximate surface area is 64.7 Å². The summed E-state index contributed by atoms with van der Waals surface area (Å²) in [6, 6.07) is 1.98. The summed E-state index contributed by atoms with van der Waals surface area (Å²) in [7, 11) is 0. The van der Waals surface area contributed by atoms with E-state index < -0.39 is 0 Å². The second kappa shape index (κ2) is 2.31. The average molecular weight is 145 g/mol. The fourth-order valence-electron chi connectivity index (χ4n) is 1.34. The zero-order valence-electron chi connectivity index (χ0n) is 6.04. The number of rotatable bonds is 0. The Morgan fingerprint density at radius 2 is 2.18 bits per heavy atom. The van der Waals surface area contributed by atoms with Crippen LogP contribution in [0.2, 0.25) is 0 Å². The highest BCUT2D eigenvalue weighted by atomic mass is 14.8. The molecule has 1 aromatic rings. The monoisotopic (exact) mass is 145 g/mol. The smallest absolute Gasteiger partial charge is 0.159 e. The molecule has 54 valence electrons. The minimum atomic E-state index is 0.436. The molecule has 11 heavy (non-hydrogen) atoms. The summed E-state index contributed by atoms with van der Waals surface area (Å²) in [5.74, 6) is 0. The van der Waals surface area contributed by atoms with E-state index in [1.807, 2.05) is 6.07 Å². The maximum Gasteiger partial charge on any atom is 0.159 e. The van der Waals surface area contributed by atoms with Gasteiger partial charge in [-0.1, -0.05) is 0 Å². The van der Waals surface area contributed by atoms with Gasteiger partial charge in [0.15, 0.2) is 5.69 Å². The van der Waals surface area contributed by atoms with Gasteiger partial charge in [0.1, 0.15) is 6.07 Å². The molecule has 3 nitrogen and oxygen atoms in total. The third-order valence-electron chi connectivity index (χ3n) is 1.87. The van der Waals surface area contributed by atoms with Gasteiger partial charge in [0.25, 0.3) is 0 Å². The fraction of sp³-hybridized carbons (Fsp3) is 0.375. The van der Waals surface area contributed by atoms with Crippen molar-refractivity contribution in [2.24, 2.45) is 0 Å². The lowest BCUT2D eigenvalue weighted by Crippen LogP contribution is -1.94. The largest absolute Gasteiger partial charge is 0.256 e. The third-order valence-corrected chi connectivity index (χ3v) is 1.87. The van der Waals surface area contributed by atoms with Crippen LogP contribution in [0.1, 0.15) is 23.5 Å². The van der Waals surface area contributed by atoms with Crippen LogP contribution >= 0.6 is 0 Å². The molecule has 0 N–H and O–H groups in total. The first-order valence-electron chi connectivity index (χ1n) is 3.65. The number of hydrogen-bond donors (Lipinski definition) is 0. The molecular weight excluding hydrogens is 138 g/mol. The van der Waals surface area contributed by atoms with Crippen molar-refractivity contribution in [1.82, 2.24) is 9.97 Å². The Morgan fingerprint density at radius 1 is 1.36 bits per heavy atom. The normalized spacial score (nSPS) is 14.1. The Balaban J connectivity index is 2.51. The van der Waals surface area contributed by atoms with Gasteiger partial charge >= 0.3 is 0 Å². The molecule has 0 aromatic carbocycles. The Morgan fingerprint density at radius 3 is 3.00 bits per heavy atom. The molecule has 1 heterocycles. The third kappa shape index (κ3) is 0.966. The summed E-state index contributed by atoms with van der Waals surface area (Å²) in [5, 5.41) is 8.52. The van der Waals surface area contributed by atoms with Gasteiger partial charge in [0.2, 0.25) is 0 Å². The van der Waals surface area contributed by atoms with Crippen molar-refractivity contribution in [3.8, 4) is 6.07 Å². The first-order chi connectivity index (χ1) is 5.40. The molecule has 1 aliphatic carbocycles. The second-order valence-corrected chi connectivity index (χ2v) is 2.61. The maximum absolute atomic E-state index is 8.52. The van der Waals surface area contributed by atoms with Crippen LogP contribution in [0.5, 0.6) is 0 Å². The highest BCUT2D eigenvalue weighted by Gasteiger charge is 2.13. The predicted octanol–water partition coefficient (Wildman–Crippen LogP) is 0.837. The molecule has 0 saturated heterocycles. The fourth-order valence-corrected chi connectivity index (χ4v) is 1.34. The molecule has 0 spiro atoms. The van der Waals surface area contributed by atoms with Gasteiger partial charge in [0.05, 0.1) is 17.6 Å². The van der Waals surface area contributed by atoms with Gasteiger partial charge in [-0.3, -0.25) is 4.98 Å². The summed E-state index contributed by atoms with van der Waals surface area (Å²) in [6.45, 7) is 0. The van der Waals surface area contributed by atoms with E-state index in [1.165, 1.54) is 0 Å². The molecule has 0 saturated carbocycles. The molecule has 1 aromatic heterocycles. The minimum Gasteiger partial charge on any atom is -0.256 e. The van der Waals surface area contributed by atoms with Crippen LogP contribution in [-0.2, 0) is 12.8 Å². The molecule has 0 bridgehead atoms. The standard InChI is InChI=1S/C8H7N3/c9-4-6-5-10-7-2-1-3-8(7)11-6/h5H,1-3H2. The van der Waals surface area contributed by atoms with Gasteiger partial charge in [-0.05, 0) is 19.3 Å². The van der Waals surface area contributed by atoms with Crippen molar-refractivity contribution in [3.05, 3.63) is 23.3 Å². The van der Waals surface area contributed by atoms with E-state index in [9.17, 15) is 0 Å². The zero-order chi connectivity index (χ0) is 7.68. The second-order valence-electron chi connectivity index (χ2n) is 2.61. The zero-order valence-corrected chi connectivity index (χ0v) is 6.04. The van der Waals surface area contributed by atoms with E-state index in [-0.39, 0.29) is 0 Å². The van der Waals surface area contributed by atoms with Gasteiger partial charge < -0.3 is 0 Å². The van der Waals surface area contributed by atoms with Crippen molar-refractivity contribution in [2.45, 2.75) is 19.3 Å². The van der Waals surface area contributed by atoms with Crippen LogP contribution in [0, 0.1) is 11.3 Å². The Hall–Kier alpha value is -1.43. The molecule has 0 fully saturated rings. The number of aryl methyl sites for hydroxylation is 2. The number of nitrogens with zero attached hydrogens (tertiary/aromatic N) is 3. The number of hydrogen-bond acceptors (Lipinski definition) is 3. The van der Waals surface area contributed by atoms with Crippen molar-refractivity contribution in [3.63, 3.8) is 0 Å². The van der Waals surface area contributed by atoms with Crippen LogP contribution in [0.25, 0.3) is 0 Å². The summed E-state index contributed by atoms with van der Waals surface area (Å²) >= 11 is 0. The van der Waals surface area contributed by atoms with E-state index in [4.69, 9.17) is 5.26 Å². The van der Waals surface area contributed by atoms with E-state index in [0.29, 0.717) is 5.69 Å². The van der Waals surface area contributed by atoms with Crippen LogP contribution in [0.4, 0.5) is 0 Å². The lowest BCUT2D eigenvalue weighted by molar-refractivity contribution is 0.893. The predicted molar refractivity (Wildman–Crippen MR) is 38.8 cm³/mol. The SMILES string of the molecule is N#Cc1cnc2c(n1)CCC2. The van der Waals surface area contributed by atoms with Crippen LogP contribution < -0.4 is 0 Å². The first-order valence-corrected chi connectivity index (χ1v) is 3.65. The van der Waals surface area contributed by atoms with E-state index in [1.54, 1.807) is 6.20 Å². The summed E-state index contributed by atoms with van der Waals surface area (Å²) in [5.41, 5.74) is 2.53. The Kier molecular flexibility index (Phi) is 1.32. The molecule has 0 aliphatic heterocycles. The highest BCUT2D eigenvalue weighted by Crippen LogP contribution is 2.16. The molecule has 1 aliphatic rings. The van der Waals surface area contributed by atoms with Gasteiger partial charge in [-0.2, -0.15) is 5.26 Å². The lowest BCUT2D eigenvalue weighted by Gasteiger charge is -1.94. The quantitative estimate of drug-likeness (QED) is 0.543. The molecule has 0 amide bonds. The Bertz CT molecular complexity index is 325. The average Bonchev–Trinajstić information content (AvgIpc) is 2.50.